The van der Waals surface area contributed by atoms with E-state index in [1.165, 1.54) is 0 Å². The summed E-state index contributed by atoms with van der Waals surface area (Å²) in [6.45, 7) is 7.04. The molecule has 0 N–H and O–H groups in total. The SMILES string of the molecule is CCCn1c(C)cc(/C=C(\C#N)C(=O)OCc2ccccc2Oc2ccccc2)c1C. The van der Waals surface area contributed by atoms with Crippen LogP contribution in [-0.4, -0.2) is 10.5 Å². The predicted octanol–water partition coefficient (Wildman–Crippen LogP) is 5.96. The van der Waals surface area contributed by atoms with Crippen molar-refractivity contribution in [3.05, 3.63) is 88.8 Å². The highest BCUT2D eigenvalue weighted by molar-refractivity contribution is 5.98. The standard InChI is InChI=1S/C26H26N2O3/c1-4-14-28-19(2)15-22(20(28)3)16-23(17-27)26(29)30-18-21-10-8-9-13-25(21)31-24-11-6-5-7-12-24/h5-13,15-16H,4,14,18H2,1-3H3/b23-16+. The highest BCUT2D eigenvalue weighted by Crippen LogP contribution is 2.26. The van der Waals surface area contributed by atoms with Gasteiger partial charge < -0.3 is 14.0 Å². The van der Waals surface area contributed by atoms with Crippen LogP contribution >= 0.6 is 0 Å². The molecule has 0 bridgehead atoms. The molecule has 158 valence electrons. The number of benzene rings is 2. The number of nitriles is 1. The molecule has 3 rings (SSSR count). The summed E-state index contributed by atoms with van der Waals surface area (Å²) in [4.78, 5) is 12.6. The molecule has 1 heterocycles. The van der Waals surface area contributed by atoms with Crippen molar-refractivity contribution in [1.29, 1.82) is 5.26 Å². The first-order valence-corrected chi connectivity index (χ1v) is 10.3. The summed E-state index contributed by atoms with van der Waals surface area (Å²) >= 11 is 0. The number of esters is 1. The summed E-state index contributed by atoms with van der Waals surface area (Å²) in [5.74, 6) is 0.644. The number of para-hydroxylation sites is 2. The van der Waals surface area contributed by atoms with Gasteiger partial charge in [0.25, 0.3) is 0 Å². The van der Waals surface area contributed by atoms with E-state index < -0.39 is 5.97 Å². The summed E-state index contributed by atoms with van der Waals surface area (Å²) in [5, 5.41) is 9.52. The van der Waals surface area contributed by atoms with E-state index in [0.717, 1.165) is 35.5 Å². The Hall–Kier alpha value is -3.78. The van der Waals surface area contributed by atoms with Crippen LogP contribution in [0, 0.1) is 25.2 Å². The first kappa shape index (κ1) is 21.9. The zero-order chi connectivity index (χ0) is 22.2. The van der Waals surface area contributed by atoms with Crippen LogP contribution in [0.1, 0.15) is 35.9 Å². The minimum atomic E-state index is -0.655. The molecule has 1 aromatic heterocycles. The molecule has 5 heteroatoms. The van der Waals surface area contributed by atoms with Gasteiger partial charge >= 0.3 is 5.97 Å². The Morgan fingerprint density at radius 1 is 1.10 bits per heavy atom. The number of hydrogen-bond acceptors (Lipinski definition) is 4. The maximum absolute atomic E-state index is 12.6. The van der Waals surface area contributed by atoms with E-state index in [0.29, 0.717) is 11.5 Å². The highest BCUT2D eigenvalue weighted by Gasteiger charge is 2.15. The lowest BCUT2D eigenvalue weighted by Gasteiger charge is -2.11. The van der Waals surface area contributed by atoms with Gasteiger partial charge in [0.15, 0.2) is 0 Å². The van der Waals surface area contributed by atoms with E-state index in [-0.39, 0.29) is 12.2 Å². The molecule has 0 spiro atoms. The predicted molar refractivity (Wildman–Crippen MR) is 121 cm³/mol. The number of ether oxygens (including phenoxy) is 2. The minimum absolute atomic E-state index is 0.00964. The summed E-state index contributed by atoms with van der Waals surface area (Å²) in [6.07, 6.45) is 2.61. The van der Waals surface area contributed by atoms with Gasteiger partial charge in [-0.3, -0.25) is 0 Å². The van der Waals surface area contributed by atoms with Gasteiger partial charge in [-0.15, -0.1) is 0 Å². The van der Waals surface area contributed by atoms with E-state index in [2.05, 4.69) is 11.5 Å². The minimum Gasteiger partial charge on any atom is -0.457 e. The number of rotatable bonds is 8. The monoisotopic (exact) mass is 414 g/mol. The van der Waals surface area contributed by atoms with E-state index in [1.807, 2.05) is 80.6 Å². The zero-order valence-electron chi connectivity index (χ0n) is 18.1. The smallest absolute Gasteiger partial charge is 0.349 e. The lowest BCUT2D eigenvalue weighted by Crippen LogP contribution is -2.07. The van der Waals surface area contributed by atoms with E-state index >= 15 is 0 Å². The van der Waals surface area contributed by atoms with E-state index in [1.54, 1.807) is 6.08 Å². The third-order valence-electron chi connectivity index (χ3n) is 5.00. The molecule has 0 unspecified atom stereocenters. The molecule has 0 radical (unpaired) electrons. The summed E-state index contributed by atoms with van der Waals surface area (Å²) < 4.78 is 13.5. The van der Waals surface area contributed by atoms with Gasteiger partial charge in [-0.05, 0) is 56.2 Å². The molecule has 2 aromatic carbocycles. The van der Waals surface area contributed by atoms with Crippen molar-refractivity contribution in [3.63, 3.8) is 0 Å². The zero-order valence-corrected chi connectivity index (χ0v) is 18.1. The third kappa shape index (κ3) is 5.43. The van der Waals surface area contributed by atoms with Crippen LogP contribution < -0.4 is 4.74 Å². The molecule has 0 atom stereocenters. The maximum atomic E-state index is 12.6. The third-order valence-corrected chi connectivity index (χ3v) is 5.00. The van der Waals surface area contributed by atoms with E-state index in [4.69, 9.17) is 9.47 Å². The molecule has 0 amide bonds. The first-order valence-electron chi connectivity index (χ1n) is 10.3. The Kier molecular flexibility index (Phi) is 7.29. The topological polar surface area (TPSA) is 64.2 Å². The first-order chi connectivity index (χ1) is 15.0. The second-order valence-corrected chi connectivity index (χ2v) is 7.25. The number of aromatic nitrogens is 1. The molecule has 0 fully saturated rings. The lowest BCUT2D eigenvalue weighted by molar-refractivity contribution is -0.139. The van der Waals surface area contributed by atoms with Gasteiger partial charge in [-0.1, -0.05) is 43.3 Å². The number of nitrogens with zero attached hydrogens (tertiary/aromatic N) is 2. The summed E-state index contributed by atoms with van der Waals surface area (Å²) in [5.41, 5.74) is 3.67. The van der Waals surface area contributed by atoms with Crippen molar-refractivity contribution in [2.45, 2.75) is 40.3 Å². The van der Waals surface area contributed by atoms with Gasteiger partial charge in [0, 0.05) is 23.5 Å². The van der Waals surface area contributed by atoms with Gasteiger partial charge in [0.05, 0.1) is 0 Å². The quantitative estimate of drug-likeness (QED) is 0.259. The van der Waals surface area contributed by atoms with Crippen molar-refractivity contribution < 1.29 is 14.3 Å². The Morgan fingerprint density at radius 3 is 2.52 bits per heavy atom. The maximum Gasteiger partial charge on any atom is 0.349 e. The largest absolute Gasteiger partial charge is 0.457 e. The average Bonchev–Trinajstić information content (AvgIpc) is 3.05. The van der Waals surface area contributed by atoms with Crippen molar-refractivity contribution in [1.82, 2.24) is 4.57 Å². The Bertz CT molecular complexity index is 1120. The van der Waals surface area contributed by atoms with Crippen molar-refractivity contribution in [3.8, 4) is 17.6 Å². The van der Waals surface area contributed by atoms with Crippen LogP contribution in [0.4, 0.5) is 0 Å². The number of carbonyl (C=O) groups excluding carboxylic acids is 1. The second-order valence-electron chi connectivity index (χ2n) is 7.25. The molecular formula is C26H26N2O3. The molecule has 31 heavy (non-hydrogen) atoms. The lowest BCUT2D eigenvalue weighted by atomic mass is 10.1. The fraction of sp³-hybridized carbons (Fsp3) is 0.231. The molecule has 0 saturated heterocycles. The van der Waals surface area contributed by atoms with Crippen LogP contribution in [0.2, 0.25) is 0 Å². The summed E-state index contributed by atoms with van der Waals surface area (Å²) in [7, 11) is 0. The normalized spacial score (nSPS) is 11.1. The molecule has 0 saturated carbocycles. The van der Waals surface area contributed by atoms with Crippen LogP contribution in [0.25, 0.3) is 6.08 Å². The Balaban J connectivity index is 1.74. The van der Waals surface area contributed by atoms with Crippen molar-refractivity contribution >= 4 is 12.0 Å². The van der Waals surface area contributed by atoms with Crippen LogP contribution in [0.3, 0.4) is 0 Å². The van der Waals surface area contributed by atoms with Gasteiger partial charge in [0.1, 0.15) is 29.7 Å². The van der Waals surface area contributed by atoms with Crippen LogP contribution in [-0.2, 0) is 22.7 Å². The summed E-state index contributed by atoms with van der Waals surface area (Å²) in [6, 6.07) is 20.7. The van der Waals surface area contributed by atoms with Gasteiger partial charge in [0.2, 0.25) is 0 Å². The number of hydrogen-bond donors (Lipinski definition) is 0. The second kappa shape index (κ2) is 10.3. The number of aryl methyl sites for hydroxylation is 1. The Morgan fingerprint density at radius 2 is 1.81 bits per heavy atom. The molecule has 0 aliphatic heterocycles. The molecule has 0 aliphatic rings. The fourth-order valence-corrected chi connectivity index (χ4v) is 3.39. The molecule has 0 aliphatic carbocycles. The van der Waals surface area contributed by atoms with Crippen LogP contribution in [0.15, 0.2) is 66.2 Å². The van der Waals surface area contributed by atoms with Gasteiger partial charge in [-0.25, -0.2) is 4.79 Å². The molecule has 5 nitrogen and oxygen atoms in total. The average molecular weight is 415 g/mol. The highest BCUT2D eigenvalue weighted by atomic mass is 16.5. The molecular weight excluding hydrogens is 388 g/mol. The van der Waals surface area contributed by atoms with E-state index in [9.17, 15) is 10.1 Å². The fourth-order valence-electron chi connectivity index (χ4n) is 3.39. The Labute approximate surface area is 183 Å². The number of carbonyl (C=O) groups is 1. The van der Waals surface area contributed by atoms with Gasteiger partial charge in [-0.2, -0.15) is 5.26 Å². The van der Waals surface area contributed by atoms with Crippen LogP contribution in [0.5, 0.6) is 11.5 Å². The van der Waals surface area contributed by atoms with Crippen molar-refractivity contribution in [2.24, 2.45) is 0 Å². The van der Waals surface area contributed by atoms with Crippen molar-refractivity contribution in [2.75, 3.05) is 0 Å². The molecule has 3 aromatic rings.